The van der Waals surface area contributed by atoms with Crippen molar-refractivity contribution in [2.45, 2.75) is 26.3 Å². The molecule has 0 aliphatic carbocycles. The number of nitrogens with zero attached hydrogens (tertiary/aromatic N) is 1. The number of halogens is 1. The molecule has 0 bridgehead atoms. The molecule has 0 radical (unpaired) electrons. The molecule has 1 aliphatic heterocycles. The van der Waals surface area contributed by atoms with Gasteiger partial charge in [-0.3, -0.25) is 4.79 Å². The standard InChI is InChI=1S/C15H22N2O2.ClH/c1-3-9-19-14-6-4-5-13(10-14)15(18)17-8-7-16-12(2)11-17;/h4-6,10,12,16H,3,7-9,11H2,1-2H3;1H/t12-;/m0./s1. The second kappa shape index (κ2) is 8.12. The molecule has 4 nitrogen and oxygen atoms in total. The number of hydrogen-bond donors (Lipinski definition) is 1. The van der Waals surface area contributed by atoms with Crippen LogP contribution in [-0.2, 0) is 0 Å². The van der Waals surface area contributed by atoms with E-state index in [0.29, 0.717) is 18.2 Å². The Morgan fingerprint density at radius 1 is 1.50 bits per heavy atom. The molecule has 20 heavy (non-hydrogen) atoms. The van der Waals surface area contributed by atoms with E-state index in [2.05, 4.69) is 19.2 Å². The van der Waals surface area contributed by atoms with Gasteiger partial charge in [0.2, 0.25) is 0 Å². The molecule has 1 amide bonds. The molecule has 1 aliphatic rings. The predicted octanol–water partition coefficient (Wildman–Crippen LogP) is 2.33. The highest BCUT2D eigenvalue weighted by Gasteiger charge is 2.21. The number of carbonyl (C=O) groups excluding carboxylic acids is 1. The van der Waals surface area contributed by atoms with Crippen molar-refractivity contribution in [3.05, 3.63) is 29.8 Å². The van der Waals surface area contributed by atoms with Crippen LogP contribution >= 0.6 is 12.4 Å². The van der Waals surface area contributed by atoms with Gasteiger partial charge >= 0.3 is 0 Å². The highest BCUT2D eigenvalue weighted by Crippen LogP contribution is 2.16. The van der Waals surface area contributed by atoms with Gasteiger partial charge in [-0.15, -0.1) is 12.4 Å². The van der Waals surface area contributed by atoms with E-state index in [1.807, 2.05) is 29.2 Å². The van der Waals surface area contributed by atoms with E-state index >= 15 is 0 Å². The fourth-order valence-corrected chi connectivity index (χ4v) is 2.24. The fraction of sp³-hybridized carbons (Fsp3) is 0.533. The number of hydrogen-bond acceptors (Lipinski definition) is 3. The van der Waals surface area contributed by atoms with Crippen molar-refractivity contribution in [2.24, 2.45) is 0 Å². The Balaban J connectivity index is 0.00000200. The van der Waals surface area contributed by atoms with Gasteiger partial charge in [-0.05, 0) is 31.5 Å². The minimum atomic E-state index is 0. The number of carbonyl (C=O) groups is 1. The Morgan fingerprint density at radius 3 is 3.00 bits per heavy atom. The maximum atomic E-state index is 12.4. The van der Waals surface area contributed by atoms with Crippen LogP contribution in [0.2, 0.25) is 0 Å². The zero-order valence-corrected chi connectivity index (χ0v) is 12.9. The molecule has 1 saturated heterocycles. The molecule has 0 saturated carbocycles. The van der Waals surface area contributed by atoms with Gasteiger partial charge in [-0.25, -0.2) is 0 Å². The topological polar surface area (TPSA) is 41.6 Å². The third kappa shape index (κ3) is 4.39. The molecule has 1 heterocycles. The van der Waals surface area contributed by atoms with Crippen molar-refractivity contribution < 1.29 is 9.53 Å². The summed E-state index contributed by atoms with van der Waals surface area (Å²) in [6.07, 6.45) is 0.966. The SMILES string of the molecule is CCCOc1cccc(C(=O)N2CCN[C@@H](C)C2)c1.Cl. The van der Waals surface area contributed by atoms with Crippen LogP contribution in [0.25, 0.3) is 0 Å². The van der Waals surface area contributed by atoms with E-state index in [0.717, 1.165) is 31.8 Å². The molecular weight excluding hydrogens is 276 g/mol. The Morgan fingerprint density at radius 2 is 2.30 bits per heavy atom. The molecule has 1 aromatic carbocycles. The summed E-state index contributed by atoms with van der Waals surface area (Å²) >= 11 is 0. The van der Waals surface area contributed by atoms with Gasteiger partial charge in [-0.2, -0.15) is 0 Å². The van der Waals surface area contributed by atoms with E-state index in [9.17, 15) is 4.79 Å². The monoisotopic (exact) mass is 298 g/mol. The lowest BCUT2D eigenvalue weighted by Crippen LogP contribution is -2.51. The predicted molar refractivity (Wildman–Crippen MR) is 82.8 cm³/mol. The summed E-state index contributed by atoms with van der Waals surface area (Å²) in [4.78, 5) is 14.3. The molecule has 112 valence electrons. The summed E-state index contributed by atoms with van der Waals surface area (Å²) < 4.78 is 5.57. The van der Waals surface area contributed by atoms with Gasteiger partial charge < -0.3 is 15.0 Å². The average molecular weight is 299 g/mol. The van der Waals surface area contributed by atoms with E-state index in [1.54, 1.807) is 0 Å². The molecule has 0 unspecified atom stereocenters. The summed E-state index contributed by atoms with van der Waals surface area (Å²) in [5.41, 5.74) is 0.711. The molecular formula is C15H23ClN2O2. The number of piperazine rings is 1. The first-order chi connectivity index (χ1) is 9.20. The maximum Gasteiger partial charge on any atom is 0.254 e. The fourth-order valence-electron chi connectivity index (χ4n) is 2.24. The molecule has 5 heteroatoms. The van der Waals surface area contributed by atoms with E-state index in [-0.39, 0.29) is 18.3 Å². The molecule has 2 rings (SSSR count). The number of benzene rings is 1. The first kappa shape index (κ1) is 16.8. The molecule has 0 spiro atoms. The van der Waals surface area contributed by atoms with Crippen molar-refractivity contribution >= 4 is 18.3 Å². The average Bonchev–Trinajstić information content (AvgIpc) is 2.44. The van der Waals surface area contributed by atoms with E-state index in [1.165, 1.54) is 0 Å². The summed E-state index contributed by atoms with van der Waals surface area (Å²) in [6, 6.07) is 7.83. The lowest BCUT2D eigenvalue weighted by atomic mass is 10.1. The van der Waals surface area contributed by atoms with Gasteiger partial charge in [-0.1, -0.05) is 13.0 Å². The normalized spacial score (nSPS) is 18.3. The summed E-state index contributed by atoms with van der Waals surface area (Å²) in [6.45, 7) is 7.24. The van der Waals surface area contributed by atoms with Crippen LogP contribution < -0.4 is 10.1 Å². The van der Waals surface area contributed by atoms with Gasteiger partial charge in [0.15, 0.2) is 0 Å². The molecule has 0 aromatic heterocycles. The quantitative estimate of drug-likeness (QED) is 0.927. The number of nitrogens with one attached hydrogen (secondary N) is 1. The lowest BCUT2D eigenvalue weighted by Gasteiger charge is -2.32. The largest absolute Gasteiger partial charge is 0.494 e. The van der Waals surface area contributed by atoms with Crippen LogP contribution in [0.15, 0.2) is 24.3 Å². The lowest BCUT2D eigenvalue weighted by molar-refractivity contribution is 0.0708. The van der Waals surface area contributed by atoms with Crippen molar-refractivity contribution in [2.75, 3.05) is 26.2 Å². The first-order valence-electron chi connectivity index (χ1n) is 6.96. The molecule has 1 atom stereocenters. The second-order valence-corrected chi connectivity index (χ2v) is 4.98. The van der Waals surface area contributed by atoms with Crippen molar-refractivity contribution in [3.63, 3.8) is 0 Å². The Labute approximate surface area is 126 Å². The van der Waals surface area contributed by atoms with Crippen LogP contribution in [-0.4, -0.2) is 43.1 Å². The van der Waals surface area contributed by atoms with Crippen molar-refractivity contribution in [1.29, 1.82) is 0 Å². The van der Waals surface area contributed by atoms with Crippen LogP contribution in [0.3, 0.4) is 0 Å². The first-order valence-corrected chi connectivity index (χ1v) is 6.96. The Kier molecular flexibility index (Phi) is 6.82. The van der Waals surface area contributed by atoms with Crippen LogP contribution in [0.5, 0.6) is 5.75 Å². The van der Waals surface area contributed by atoms with Crippen LogP contribution in [0, 0.1) is 0 Å². The van der Waals surface area contributed by atoms with Gasteiger partial charge in [0.25, 0.3) is 5.91 Å². The summed E-state index contributed by atoms with van der Waals surface area (Å²) in [5, 5.41) is 3.34. The zero-order valence-electron chi connectivity index (χ0n) is 12.1. The molecule has 1 N–H and O–H groups in total. The number of rotatable bonds is 4. The zero-order chi connectivity index (χ0) is 13.7. The van der Waals surface area contributed by atoms with Crippen LogP contribution in [0.1, 0.15) is 30.6 Å². The van der Waals surface area contributed by atoms with Gasteiger partial charge in [0, 0.05) is 31.2 Å². The third-order valence-electron chi connectivity index (χ3n) is 3.21. The smallest absolute Gasteiger partial charge is 0.254 e. The maximum absolute atomic E-state index is 12.4. The highest BCUT2D eigenvalue weighted by molar-refractivity contribution is 5.94. The minimum absolute atomic E-state index is 0. The highest BCUT2D eigenvalue weighted by atomic mass is 35.5. The Hall–Kier alpha value is -1.26. The van der Waals surface area contributed by atoms with Gasteiger partial charge in [0.05, 0.1) is 6.61 Å². The van der Waals surface area contributed by atoms with E-state index in [4.69, 9.17) is 4.74 Å². The van der Waals surface area contributed by atoms with Crippen molar-refractivity contribution in [1.82, 2.24) is 10.2 Å². The Bertz CT molecular complexity index is 440. The molecule has 1 aromatic rings. The van der Waals surface area contributed by atoms with Gasteiger partial charge in [0.1, 0.15) is 5.75 Å². The number of ether oxygens (including phenoxy) is 1. The minimum Gasteiger partial charge on any atom is -0.494 e. The summed E-state index contributed by atoms with van der Waals surface area (Å²) in [5.74, 6) is 0.867. The van der Waals surface area contributed by atoms with Crippen LogP contribution in [0.4, 0.5) is 0 Å². The number of amides is 1. The third-order valence-corrected chi connectivity index (χ3v) is 3.21. The summed E-state index contributed by atoms with van der Waals surface area (Å²) in [7, 11) is 0. The molecule has 1 fully saturated rings. The van der Waals surface area contributed by atoms with E-state index < -0.39 is 0 Å². The second-order valence-electron chi connectivity index (χ2n) is 4.98. The van der Waals surface area contributed by atoms with Crippen molar-refractivity contribution in [3.8, 4) is 5.75 Å².